The average Bonchev–Trinajstić information content (AvgIpc) is 2.50. The predicted octanol–water partition coefficient (Wildman–Crippen LogP) is 0.114. The lowest BCUT2D eigenvalue weighted by molar-refractivity contribution is -0.151. The van der Waals surface area contributed by atoms with Gasteiger partial charge in [-0.3, -0.25) is 9.69 Å². The van der Waals surface area contributed by atoms with Gasteiger partial charge in [-0.2, -0.15) is 0 Å². The number of nitrogens with zero attached hydrogens (tertiary/aromatic N) is 1. The smallest absolute Gasteiger partial charge is 0.302 e. The average molecular weight is 198 g/mol. The molecule has 0 radical (unpaired) electrons. The Hall–Kier alpha value is -0.610. The molecule has 80 valence electrons. The van der Waals surface area contributed by atoms with Crippen LogP contribution in [0.5, 0.6) is 0 Å². The van der Waals surface area contributed by atoms with E-state index in [0.717, 1.165) is 25.9 Å². The van der Waals surface area contributed by atoms with E-state index in [-0.39, 0.29) is 18.1 Å². The first-order valence-corrected chi connectivity index (χ1v) is 5.33. The van der Waals surface area contributed by atoms with E-state index in [0.29, 0.717) is 6.04 Å². The summed E-state index contributed by atoms with van der Waals surface area (Å²) in [5, 5.41) is 0. The maximum absolute atomic E-state index is 10.9. The number of fused-ring (bicyclic) bond motifs is 1. The third-order valence-electron chi connectivity index (χ3n) is 3.16. The summed E-state index contributed by atoms with van der Waals surface area (Å²) < 4.78 is 5.31. The summed E-state index contributed by atoms with van der Waals surface area (Å²) in [6, 6.07) is 0.590. The van der Waals surface area contributed by atoms with Crippen LogP contribution in [-0.2, 0) is 9.53 Å². The van der Waals surface area contributed by atoms with Gasteiger partial charge in [-0.25, -0.2) is 0 Å². The number of rotatable bonds is 1. The summed E-state index contributed by atoms with van der Waals surface area (Å²) in [5.74, 6) is -0.184. The van der Waals surface area contributed by atoms with Crippen molar-refractivity contribution in [2.75, 3.05) is 13.1 Å². The maximum atomic E-state index is 10.9. The molecule has 2 rings (SSSR count). The van der Waals surface area contributed by atoms with Crippen molar-refractivity contribution in [3.63, 3.8) is 0 Å². The van der Waals surface area contributed by atoms with Crippen LogP contribution in [0.4, 0.5) is 0 Å². The molecule has 14 heavy (non-hydrogen) atoms. The summed E-state index contributed by atoms with van der Waals surface area (Å²) in [6.45, 7) is 3.54. The van der Waals surface area contributed by atoms with Gasteiger partial charge >= 0.3 is 5.97 Å². The topological polar surface area (TPSA) is 55.6 Å². The van der Waals surface area contributed by atoms with Crippen molar-refractivity contribution in [3.8, 4) is 0 Å². The van der Waals surface area contributed by atoms with E-state index in [1.165, 1.54) is 13.3 Å². The lowest BCUT2D eigenvalue weighted by Gasteiger charge is -2.38. The van der Waals surface area contributed by atoms with Gasteiger partial charge in [0.25, 0.3) is 0 Å². The van der Waals surface area contributed by atoms with Crippen LogP contribution in [0.25, 0.3) is 0 Å². The first kappa shape index (κ1) is 9.93. The molecule has 0 amide bonds. The fourth-order valence-corrected chi connectivity index (χ4v) is 2.67. The minimum absolute atomic E-state index is 0.0266. The lowest BCUT2D eigenvalue weighted by Crippen LogP contribution is -2.54. The van der Waals surface area contributed by atoms with E-state index < -0.39 is 0 Å². The Morgan fingerprint density at radius 2 is 2.36 bits per heavy atom. The van der Waals surface area contributed by atoms with E-state index in [9.17, 15) is 4.79 Å². The van der Waals surface area contributed by atoms with Gasteiger partial charge in [0.15, 0.2) is 0 Å². The number of ether oxygens (including phenoxy) is 1. The number of esters is 1. The van der Waals surface area contributed by atoms with Gasteiger partial charge in [-0.15, -0.1) is 0 Å². The van der Waals surface area contributed by atoms with Crippen molar-refractivity contribution in [3.05, 3.63) is 0 Å². The Kier molecular flexibility index (Phi) is 2.74. The van der Waals surface area contributed by atoms with Crippen LogP contribution in [-0.4, -0.2) is 42.1 Å². The zero-order valence-electron chi connectivity index (χ0n) is 8.61. The zero-order valence-corrected chi connectivity index (χ0v) is 8.61. The monoisotopic (exact) mass is 198 g/mol. The third-order valence-corrected chi connectivity index (χ3v) is 3.16. The molecule has 0 aromatic rings. The molecule has 2 N–H and O–H groups in total. The Morgan fingerprint density at radius 1 is 1.57 bits per heavy atom. The van der Waals surface area contributed by atoms with E-state index >= 15 is 0 Å². The van der Waals surface area contributed by atoms with Crippen LogP contribution in [0.1, 0.15) is 26.2 Å². The lowest BCUT2D eigenvalue weighted by atomic mass is 9.96. The van der Waals surface area contributed by atoms with Gasteiger partial charge < -0.3 is 10.5 Å². The van der Waals surface area contributed by atoms with Gasteiger partial charge in [0.05, 0.1) is 0 Å². The first-order chi connectivity index (χ1) is 6.66. The molecule has 0 aromatic carbocycles. The Labute approximate surface area is 84.4 Å². The van der Waals surface area contributed by atoms with E-state index in [1.807, 2.05) is 0 Å². The largest absolute Gasteiger partial charge is 0.461 e. The van der Waals surface area contributed by atoms with Crippen LogP contribution >= 0.6 is 0 Å². The SMILES string of the molecule is CC(=O)OC1C[C@@H](N)CN2CCCC12. The van der Waals surface area contributed by atoms with Crippen LogP contribution in [0.2, 0.25) is 0 Å². The summed E-state index contributed by atoms with van der Waals surface area (Å²) in [5.41, 5.74) is 5.92. The number of carbonyl (C=O) groups is 1. The van der Waals surface area contributed by atoms with Crippen molar-refractivity contribution in [2.24, 2.45) is 5.73 Å². The van der Waals surface area contributed by atoms with Gasteiger partial charge in [0.1, 0.15) is 6.10 Å². The molecule has 0 spiro atoms. The predicted molar refractivity (Wildman–Crippen MR) is 52.7 cm³/mol. The van der Waals surface area contributed by atoms with Crippen molar-refractivity contribution < 1.29 is 9.53 Å². The van der Waals surface area contributed by atoms with Gasteiger partial charge in [0, 0.05) is 32.0 Å². The molecule has 2 heterocycles. The van der Waals surface area contributed by atoms with Crippen molar-refractivity contribution in [1.29, 1.82) is 0 Å². The number of hydrogen-bond acceptors (Lipinski definition) is 4. The second-order valence-corrected chi connectivity index (χ2v) is 4.35. The first-order valence-electron chi connectivity index (χ1n) is 5.33. The van der Waals surface area contributed by atoms with Crippen LogP contribution in [0.3, 0.4) is 0 Å². The van der Waals surface area contributed by atoms with Crippen molar-refractivity contribution in [2.45, 2.75) is 44.4 Å². The summed E-state index contributed by atoms with van der Waals surface area (Å²) in [4.78, 5) is 13.3. The molecule has 4 nitrogen and oxygen atoms in total. The molecule has 0 bridgehead atoms. The van der Waals surface area contributed by atoms with E-state index in [2.05, 4.69) is 4.90 Å². The molecule has 0 aliphatic carbocycles. The Bertz CT molecular complexity index is 232. The Morgan fingerprint density at radius 3 is 3.07 bits per heavy atom. The van der Waals surface area contributed by atoms with Crippen molar-refractivity contribution >= 4 is 5.97 Å². The van der Waals surface area contributed by atoms with Crippen LogP contribution in [0, 0.1) is 0 Å². The number of carbonyl (C=O) groups excluding carboxylic acids is 1. The van der Waals surface area contributed by atoms with Gasteiger partial charge in [0.2, 0.25) is 0 Å². The van der Waals surface area contributed by atoms with Crippen LogP contribution in [0.15, 0.2) is 0 Å². The molecule has 2 aliphatic rings. The molecule has 2 saturated heterocycles. The zero-order chi connectivity index (χ0) is 10.1. The molecule has 0 saturated carbocycles. The van der Waals surface area contributed by atoms with E-state index in [4.69, 9.17) is 10.5 Å². The molecule has 2 aliphatic heterocycles. The molecular weight excluding hydrogens is 180 g/mol. The molecule has 2 fully saturated rings. The second-order valence-electron chi connectivity index (χ2n) is 4.35. The minimum atomic E-state index is -0.184. The fraction of sp³-hybridized carbons (Fsp3) is 0.900. The highest BCUT2D eigenvalue weighted by molar-refractivity contribution is 5.66. The number of piperidine rings is 1. The molecule has 2 unspecified atom stereocenters. The Balaban J connectivity index is 2.02. The highest BCUT2D eigenvalue weighted by atomic mass is 16.5. The quantitative estimate of drug-likeness (QED) is 0.608. The maximum Gasteiger partial charge on any atom is 0.302 e. The molecule has 0 aromatic heterocycles. The minimum Gasteiger partial charge on any atom is -0.461 e. The number of hydrogen-bond donors (Lipinski definition) is 1. The molecule has 4 heteroatoms. The highest BCUT2D eigenvalue weighted by Crippen LogP contribution is 2.28. The second kappa shape index (κ2) is 3.87. The van der Waals surface area contributed by atoms with Crippen LogP contribution < -0.4 is 5.73 Å². The highest BCUT2D eigenvalue weighted by Gasteiger charge is 2.39. The van der Waals surface area contributed by atoms with Gasteiger partial charge in [-0.1, -0.05) is 0 Å². The van der Waals surface area contributed by atoms with Gasteiger partial charge in [-0.05, 0) is 19.4 Å². The third kappa shape index (κ3) is 1.91. The van der Waals surface area contributed by atoms with E-state index in [1.54, 1.807) is 0 Å². The normalized spacial score (nSPS) is 38.0. The standard InChI is InChI=1S/C10H18N2O2/c1-7(13)14-10-5-8(11)6-12-4-2-3-9(10)12/h8-10H,2-6,11H2,1H3/t8-,9?,10?/m1/s1. The molecule has 3 atom stereocenters. The summed E-state index contributed by atoms with van der Waals surface area (Å²) >= 11 is 0. The summed E-state index contributed by atoms with van der Waals surface area (Å²) in [7, 11) is 0. The fourth-order valence-electron chi connectivity index (χ4n) is 2.67. The van der Waals surface area contributed by atoms with Crippen molar-refractivity contribution in [1.82, 2.24) is 4.90 Å². The summed E-state index contributed by atoms with van der Waals surface area (Å²) in [6.07, 6.45) is 3.19. The number of nitrogens with two attached hydrogens (primary N) is 1. The molecular formula is C10H18N2O2.